The first-order chi connectivity index (χ1) is 16.9. The molecule has 2 aromatic carbocycles. The molecule has 0 fully saturated rings. The summed E-state index contributed by atoms with van der Waals surface area (Å²) >= 11 is 1.38. The van der Waals surface area contributed by atoms with Crippen molar-refractivity contribution in [2.24, 2.45) is 0 Å². The third-order valence-electron chi connectivity index (χ3n) is 5.00. The number of likely N-dealkylation sites (N-methyl/N-ethyl adjacent to an activating group) is 1. The maximum absolute atomic E-state index is 12.1. The van der Waals surface area contributed by atoms with Crippen molar-refractivity contribution in [3.05, 3.63) is 78.6 Å². The van der Waals surface area contributed by atoms with Crippen LogP contribution in [-0.4, -0.2) is 57.5 Å². The minimum atomic E-state index is -1.02. The normalized spacial score (nSPS) is 12.2. The number of aromatic nitrogens is 3. The molecule has 35 heavy (non-hydrogen) atoms. The van der Waals surface area contributed by atoms with Gasteiger partial charge in [0.15, 0.2) is 11.9 Å². The van der Waals surface area contributed by atoms with Crippen LogP contribution >= 0.6 is 11.3 Å². The highest BCUT2D eigenvalue weighted by molar-refractivity contribution is 7.21. The van der Waals surface area contributed by atoms with E-state index in [1.54, 1.807) is 42.5 Å². The first-order valence-electron chi connectivity index (χ1n) is 10.8. The number of thiazole rings is 1. The molecule has 10 heteroatoms. The van der Waals surface area contributed by atoms with E-state index in [1.807, 2.05) is 37.2 Å². The zero-order valence-corrected chi connectivity index (χ0v) is 20.0. The Bertz CT molecular complexity index is 1350. The number of benzene rings is 2. The smallest absolute Gasteiger partial charge is 0.330 e. The number of fused-ring (bicyclic) bond motifs is 1. The van der Waals surface area contributed by atoms with Gasteiger partial charge in [0.1, 0.15) is 21.7 Å². The monoisotopic (exact) mass is 488 g/mol. The summed E-state index contributed by atoms with van der Waals surface area (Å²) < 4.78 is 0. The first kappa shape index (κ1) is 24.0. The number of amides is 1. The lowest BCUT2D eigenvalue weighted by molar-refractivity contribution is -0.138. The van der Waals surface area contributed by atoms with Crippen molar-refractivity contribution in [2.75, 3.05) is 31.3 Å². The van der Waals surface area contributed by atoms with Crippen LogP contribution in [0.25, 0.3) is 20.9 Å². The summed E-state index contributed by atoms with van der Waals surface area (Å²) in [6.07, 6.45) is 4.69. The van der Waals surface area contributed by atoms with Gasteiger partial charge in [-0.2, -0.15) is 0 Å². The highest BCUT2D eigenvalue weighted by Crippen LogP contribution is 2.33. The minimum Gasteiger partial charge on any atom is -0.479 e. The van der Waals surface area contributed by atoms with Crippen molar-refractivity contribution < 1.29 is 14.7 Å². The summed E-state index contributed by atoms with van der Waals surface area (Å²) in [7, 11) is 3.86. The van der Waals surface area contributed by atoms with Gasteiger partial charge in [0.2, 0.25) is 5.91 Å². The van der Waals surface area contributed by atoms with Crippen molar-refractivity contribution >= 4 is 45.1 Å². The Morgan fingerprint density at radius 2 is 1.83 bits per heavy atom. The number of carbonyl (C=O) groups is 2. The minimum absolute atomic E-state index is 0.197. The molecule has 0 unspecified atom stereocenters. The van der Waals surface area contributed by atoms with Crippen molar-refractivity contribution in [3.8, 4) is 10.6 Å². The largest absolute Gasteiger partial charge is 0.479 e. The zero-order valence-electron chi connectivity index (χ0n) is 19.2. The fraction of sp³-hybridized carbons (Fsp3) is 0.160. The lowest BCUT2D eigenvalue weighted by Gasteiger charge is -2.15. The molecule has 0 bridgehead atoms. The van der Waals surface area contributed by atoms with Crippen molar-refractivity contribution in [1.82, 2.24) is 19.9 Å². The number of carbonyl (C=O) groups excluding carboxylic acids is 1. The topological polar surface area (TPSA) is 120 Å². The molecule has 178 valence electrons. The number of anilines is 2. The highest BCUT2D eigenvalue weighted by Gasteiger charge is 2.22. The van der Waals surface area contributed by atoms with Crippen LogP contribution < -0.4 is 10.6 Å². The summed E-state index contributed by atoms with van der Waals surface area (Å²) in [5.74, 6) is -0.869. The molecule has 0 aliphatic heterocycles. The van der Waals surface area contributed by atoms with Gasteiger partial charge in [0.25, 0.3) is 0 Å². The summed E-state index contributed by atoms with van der Waals surface area (Å²) in [6.45, 7) is 0.683. The Morgan fingerprint density at radius 3 is 2.51 bits per heavy atom. The summed E-state index contributed by atoms with van der Waals surface area (Å²) in [4.78, 5) is 39.8. The van der Waals surface area contributed by atoms with Gasteiger partial charge >= 0.3 is 5.97 Å². The predicted octanol–water partition coefficient (Wildman–Crippen LogP) is 4.05. The summed E-state index contributed by atoms with van der Waals surface area (Å²) in [6, 6.07) is 15.3. The van der Waals surface area contributed by atoms with Gasteiger partial charge in [-0.15, -0.1) is 0 Å². The Balaban J connectivity index is 1.53. The van der Waals surface area contributed by atoms with Crippen LogP contribution in [0.5, 0.6) is 0 Å². The Labute approximate surface area is 206 Å². The molecule has 0 spiro atoms. The average molecular weight is 489 g/mol. The Morgan fingerprint density at radius 1 is 1.09 bits per heavy atom. The van der Waals surface area contributed by atoms with E-state index >= 15 is 0 Å². The van der Waals surface area contributed by atoms with Crippen molar-refractivity contribution in [2.45, 2.75) is 6.04 Å². The summed E-state index contributed by atoms with van der Waals surface area (Å²) in [5.41, 5.74) is 2.62. The fourth-order valence-electron chi connectivity index (χ4n) is 3.30. The van der Waals surface area contributed by atoms with Crippen LogP contribution in [0.4, 0.5) is 11.5 Å². The molecule has 0 aliphatic carbocycles. The van der Waals surface area contributed by atoms with Gasteiger partial charge in [-0.3, -0.25) is 4.79 Å². The standard InChI is InChI=1S/C25H24N6O3S/c1-31(2)14-6-9-19(32)28-18-12-10-17(11-13-18)23-30-21-22(26-15-27-24(21)35-23)29-20(25(33)34)16-7-4-3-5-8-16/h3-13,15,20H,14H2,1-2H3,(H,28,32)(H,33,34)(H,26,27,29)/b9-6+/t20-/m0/s1. The SMILES string of the molecule is CN(C)C/C=C/C(=O)Nc1ccc(-c2nc3c(N[C@H](C(=O)O)c4ccccc4)ncnc3s2)cc1. The zero-order chi connectivity index (χ0) is 24.8. The van der Waals surface area contributed by atoms with E-state index in [0.717, 1.165) is 5.56 Å². The fourth-order valence-corrected chi connectivity index (χ4v) is 4.22. The maximum atomic E-state index is 12.1. The van der Waals surface area contributed by atoms with Gasteiger partial charge < -0.3 is 20.6 Å². The second-order valence-electron chi connectivity index (χ2n) is 7.95. The molecule has 3 N–H and O–H groups in total. The second-order valence-corrected chi connectivity index (χ2v) is 8.93. The molecule has 0 saturated heterocycles. The number of hydrogen-bond donors (Lipinski definition) is 3. The number of carboxylic acids is 1. The summed E-state index contributed by atoms with van der Waals surface area (Å²) in [5, 5.41) is 16.3. The van der Waals surface area contributed by atoms with E-state index in [2.05, 4.69) is 25.6 Å². The number of aliphatic carboxylic acids is 1. The molecule has 0 saturated carbocycles. The van der Waals surface area contributed by atoms with E-state index in [9.17, 15) is 14.7 Å². The number of nitrogens with one attached hydrogen (secondary N) is 2. The molecular formula is C25H24N6O3S. The van der Waals surface area contributed by atoms with Crippen LogP contribution in [0.1, 0.15) is 11.6 Å². The second kappa shape index (κ2) is 10.9. The molecule has 1 atom stereocenters. The van der Waals surface area contributed by atoms with Crippen LogP contribution in [-0.2, 0) is 9.59 Å². The van der Waals surface area contributed by atoms with Gasteiger partial charge in [-0.25, -0.2) is 19.7 Å². The quantitative estimate of drug-likeness (QED) is 0.302. The molecule has 0 aliphatic rings. The molecule has 9 nitrogen and oxygen atoms in total. The molecule has 2 aromatic heterocycles. The van der Waals surface area contributed by atoms with Crippen LogP contribution in [0.15, 0.2) is 73.1 Å². The lowest BCUT2D eigenvalue weighted by atomic mass is 10.1. The van der Waals surface area contributed by atoms with Gasteiger partial charge in [0.05, 0.1) is 0 Å². The number of nitrogens with zero attached hydrogens (tertiary/aromatic N) is 4. The van der Waals surface area contributed by atoms with Crippen LogP contribution in [0.2, 0.25) is 0 Å². The van der Waals surface area contributed by atoms with E-state index in [4.69, 9.17) is 0 Å². The van der Waals surface area contributed by atoms with Crippen molar-refractivity contribution in [3.63, 3.8) is 0 Å². The van der Waals surface area contributed by atoms with Gasteiger partial charge in [-0.05, 0) is 43.9 Å². The van der Waals surface area contributed by atoms with Gasteiger partial charge in [0, 0.05) is 23.9 Å². The predicted molar refractivity (Wildman–Crippen MR) is 137 cm³/mol. The Hall–Kier alpha value is -4.15. The third-order valence-corrected chi connectivity index (χ3v) is 6.01. The third kappa shape index (κ3) is 6.05. The molecule has 4 aromatic rings. The maximum Gasteiger partial charge on any atom is 0.330 e. The number of carboxylic acid groups (broad SMARTS) is 1. The van der Waals surface area contributed by atoms with Gasteiger partial charge in [-0.1, -0.05) is 47.7 Å². The van der Waals surface area contributed by atoms with E-state index in [0.29, 0.717) is 39.0 Å². The van der Waals surface area contributed by atoms with Crippen LogP contribution in [0.3, 0.4) is 0 Å². The molecule has 1 amide bonds. The Kier molecular flexibility index (Phi) is 7.44. The molecule has 0 radical (unpaired) electrons. The molecule has 2 heterocycles. The molecular weight excluding hydrogens is 464 g/mol. The number of rotatable bonds is 9. The average Bonchev–Trinajstić information content (AvgIpc) is 3.28. The van der Waals surface area contributed by atoms with E-state index in [1.165, 1.54) is 23.7 Å². The number of hydrogen-bond acceptors (Lipinski definition) is 8. The highest BCUT2D eigenvalue weighted by atomic mass is 32.1. The van der Waals surface area contributed by atoms with E-state index < -0.39 is 12.0 Å². The lowest BCUT2D eigenvalue weighted by Crippen LogP contribution is -2.21. The van der Waals surface area contributed by atoms with Crippen LogP contribution in [0, 0.1) is 0 Å². The van der Waals surface area contributed by atoms with Crippen molar-refractivity contribution in [1.29, 1.82) is 0 Å². The molecule has 4 rings (SSSR count). The van der Waals surface area contributed by atoms with E-state index in [-0.39, 0.29) is 5.91 Å². The first-order valence-corrected chi connectivity index (χ1v) is 11.6.